The van der Waals surface area contributed by atoms with Gasteiger partial charge in [0.1, 0.15) is 6.04 Å². The second kappa shape index (κ2) is 15.8. The van der Waals surface area contributed by atoms with Gasteiger partial charge < -0.3 is 20.7 Å². The number of nitrogens with zero attached hydrogens (tertiary/aromatic N) is 2. The molecule has 0 aliphatic carbocycles. The van der Waals surface area contributed by atoms with Crippen LogP contribution in [0.25, 0.3) is 10.2 Å². The number of aryl methyl sites for hydroxylation is 1. The molecular weight excluding hydrogens is 526 g/mol. The third-order valence-corrected chi connectivity index (χ3v) is 8.43. The van der Waals surface area contributed by atoms with Gasteiger partial charge in [0, 0.05) is 50.6 Å². The van der Waals surface area contributed by atoms with Crippen molar-refractivity contribution in [3.05, 3.63) is 40.9 Å². The molecule has 1 aromatic carbocycles. The highest BCUT2D eigenvalue weighted by Crippen LogP contribution is 2.24. The van der Waals surface area contributed by atoms with Gasteiger partial charge >= 0.3 is 0 Å². The largest absolute Gasteiger partial charge is 0.379 e. The number of fused-ring (bicyclic) bond motifs is 1. The lowest BCUT2D eigenvalue weighted by molar-refractivity contribution is -0.129. The summed E-state index contributed by atoms with van der Waals surface area (Å²) in [4.78, 5) is 45.8. The summed E-state index contributed by atoms with van der Waals surface area (Å²) >= 11 is 1.55. The molecule has 1 aliphatic rings. The number of nitrogens with one attached hydrogen (secondary N) is 3. The van der Waals surface area contributed by atoms with E-state index >= 15 is 0 Å². The summed E-state index contributed by atoms with van der Waals surface area (Å²) in [5.74, 6) is -0.545. The Morgan fingerprint density at radius 2 is 1.90 bits per heavy atom. The van der Waals surface area contributed by atoms with Gasteiger partial charge in [-0.15, -0.1) is 11.3 Å². The van der Waals surface area contributed by atoms with Gasteiger partial charge in [-0.25, -0.2) is 4.98 Å². The summed E-state index contributed by atoms with van der Waals surface area (Å²) in [6.45, 7) is 15.7. The van der Waals surface area contributed by atoms with Crippen molar-refractivity contribution in [2.45, 2.75) is 71.9 Å². The van der Waals surface area contributed by atoms with Crippen molar-refractivity contribution in [1.82, 2.24) is 25.8 Å². The van der Waals surface area contributed by atoms with Crippen LogP contribution in [0.15, 0.2) is 30.4 Å². The Morgan fingerprint density at radius 3 is 2.58 bits per heavy atom. The summed E-state index contributed by atoms with van der Waals surface area (Å²) < 4.78 is 6.45. The molecule has 0 saturated carbocycles. The van der Waals surface area contributed by atoms with Crippen LogP contribution in [0.3, 0.4) is 0 Å². The first-order chi connectivity index (χ1) is 19.2. The molecule has 3 N–H and O–H groups in total. The van der Waals surface area contributed by atoms with Gasteiger partial charge in [-0.2, -0.15) is 0 Å². The van der Waals surface area contributed by atoms with Crippen molar-refractivity contribution < 1.29 is 19.1 Å². The monoisotopic (exact) mass is 571 g/mol. The van der Waals surface area contributed by atoms with E-state index in [9.17, 15) is 14.4 Å². The normalized spacial score (nSPS) is 16.2. The van der Waals surface area contributed by atoms with Crippen LogP contribution in [0.1, 0.15) is 57.5 Å². The minimum atomic E-state index is -0.760. The van der Waals surface area contributed by atoms with Gasteiger partial charge in [0.15, 0.2) is 0 Å². The molecule has 1 aromatic heterocycles. The topological polar surface area (TPSA) is 113 Å². The molecule has 0 bridgehead atoms. The van der Waals surface area contributed by atoms with E-state index in [1.165, 1.54) is 5.56 Å². The number of amides is 3. The second-order valence-electron chi connectivity index (χ2n) is 10.5. The molecule has 2 aromatic rings. The molecule has 2 heterocycles. The molecule has 3 amide bonds. The lowest BCUT2D eigenvalue weighted by Gasteiger charge is -2.29. The zero-order valence-electron chi connectivity index (χ0n) is 24.4. The van der Waals surface area contributed by atoms with Gasteiger partial charge in [-0.3, -0.25) is 19.3 Å². The van der Waals surface area contributed by atoms with Crippen molar-refractivity contribution >= 4 is 39.3 Å². The molecule has 40 heavy (non-hydrogen) atoms. The van der Waals surface area contributed by atoms with Gasteiger partial charge in [-0.05, 0) is 36.5 Å². The summed E-state index contributed by atoms with van der Waals surface area (Å²) in [6, 6.07) is 5.15. The van der Waals surface area contributed by atoms with E-state index in [-0.39, 0.29) is 36.2 Å². The maximum absolute atomic E-state index is 13.6. The van der Waals surface area contributed by atoms with Crippen molar-refractivity contribution in [3.8, 4) is 0 Å². The summed E-state index contributed by atoms with van der Waals surface area (Å²) in [5.41, 5.74) is 2.62. The highest BCUT2D eigenvalue weighted by molar-refractivity contribution is 7.18. The molecule has 0 radical (unpaired) electrons. The summed E-state index contributed by atoms with van der Waals surface area (Å²) in [6.07, 6.45) is 3.10. The Morgan fingerprint density at radius 1 is 1.15 bits per heavy atom. The summed E-state index contributed by atoms with van der Waals surface area (Å²) in [5, 5.41) is 9.80. The van der Waals surface area contributed by atoms with Crippen LogP contribution in [-0.4, -0.2) is 79.1 Å². The number of benzene rings is 1. The number of aromatic nitrogens is 1. The van der Waals surface area contributed by atoms with E-state index in [0.717, 1.165) is 41.2 Å². The number of hydrogen-bond acceptors (Lipinski definition) is 7. The van der Waals surface area contributed by atoms with Crippen LogP contribution in [0, 0.1) is 5.92 Å². The van der Waals surface area contributed by atoms with Crippen LogP contribution in [-0.2, 0) is 32.0 Å². The third-order valence-electron chi connectivity index (χ3n) is 7.39. The van der Waals surface area contributed by atoms with E-state index < -0.39 is 6.04 Å². The predicted molar refractivity (Wildman–Crippen MR) is 160 cm³/mol. The molecule has 3 rings (SSSR count). The number of thiazole rings is 1. The quantitative estimate of drug-likeness (QED) is 0.283. The molecule has 1 saturated heterocycles. The first kappa shape index (κ1) is 31.7. The SMILES string of the molecule is C=C(CN1CCOCC1)C(=O)NC[C@@H](NC(=O)[C@H](Cc1nc2ccc(CC)cc2s1)NC(=O)CCC)[C@@H](C)CC. The zero-order valence-corrected chi connectivity index (χ0v) is 25.2. The molecule has 3 atom stereocenters. The Hall–Kier alpha value is -2.82. The van der Waals surface area contributed by atoms with E-state index in [4.69, 9.17) is 9.72 Å². The van der Waals surface area contributed by atoms with Gasteiger partial charge in [0.25, 0.3) is 0 Å². The first-order valence-electron chi connectivity index (χ1n) is 14.5. The predicted octanol–water partition coefficient (Wildman–Crippen LogP) is 3.22. The number of morpholine rings is 1. The van der Waals surface area contributed by atoms with Crippen molar-refractivity contribution in [2.24, 2.45) is 5.92 Å². The number of carbonyl (C=O) groups excluding carboxylic acids is 3. The van der Waals surface area contributed by atoms with Crippen molar-refractivity contribution in [1.29, 1.82) is 0 Å². The Labute approximate surface area is 242 Å². The Kier molecular flexibility index (Phi) is 12.5. The highest BCUT2D eigenvalue weighted by atomic mass is 32.1. The number of carbonyl (C=O) groups is 3. The van der Waals surface area contributed by atoms with Crippen molar-refractivity contribution in [3.63, 3.8) is 0 Å². The molecular formula is C30H45N5O4S. The molecule has 1 aliphatic heterocycles. The molecule has 0 spiro atoms. The van der Waals surface area contributed by atoms with Gasteiger partial charge in [0.05, 0.1) is 28.4 Å². The molecule has 10 heteroatoms. The minimum Gasteiger partial charge on any atom is -0.379 e. The molecule has 220 valence electrons. The fourth-order valence-corrected chi connectivity index (χ4v) is 5.67. The number of ether oxygens (including phenoxy) is 1. The first-order valence-corrected chi connectivity index (χ1v) is 15.3. The van der Waals surface area contributed by atoms with Crippen LogP contribution in [0.4, 0.5) is 0 Å². The average Bonchev–Trinajstić information content (AvgIpc) is 3.36. The van der Waals surface area contributed by atoms with E-state index in [2.05, 4.69) is 53.4 Å². The van der Waals surface area contributed by atoms with Crippen LogP contribution in [0.2, 0.25) is 0 Å². The lowest BCUT2D eigenvalue weighted by Crippen LogP contribution is -2.54. The van der Waals surface area contributed by atoms with E-state index in [1.807, 2.05) is 19.9 Å². The number of hydrogen-bond donors (Lipinski definition) is 3. The second-order valence-corrected chi connectivity index (χ2v) is 11.7. The summed E-state index contributed by atoms with van der Waals surface area (Å²) in [7, 11) is 0. The van der Waals surface area contributed by atoms with Crippen molar-refractivity contribution in [2.75, 3.05) is 39.4 Å². The maximum atomic E-state index is 13.6. The fraction of sp³-hybridized carbons (Fsp3) is 0.600. The third kappa shape index (κ3) is 9.38. The zero-order chi connectivity index (χ0) is 29.1. The maximum Gasteiger partial charge on any atom is 0.247 e. The van der Waals surface area contributed by atoms with Crippen LogP contribution >= 0.6 is 11.3 Å². The van der Waals surface area contributed by atoms with Gasteiger partial charge in [0.2, 0.25) is 17.7 Å². The standard InChI is InChI=1S/C30H45N5O4S/c1-6-9-27(36)32-24(17-28-33-23-11-10-22(8-3)16-26(23)40-28)30(38)34-25(20(4)7-2)18-31-29(37)21(5)19-35-12-14-39-15-13-35/h10-11,16,20,24-25H,5-9,12-15,17-19H2,1-4H3,(H,31,37)(H,32,36)(H,34,38)/t20-,24-,25+/m0/s1. The van der Waals surface area contributed by atoms with E-state index in [1.54, 1.807) is 11.3 Å². The Bertz CT molecular complexity index is 1160. The lowest BCUT2D eigenvalue weighted by atomic mass is 9.98. The fourth-order valence-electron chi connectivity index (χ4n) is 4.59. The minimum absolute atomic E-state index is 0.110. The molecule has 1 fully saturated rings. The average molecular weight is 572 g/mol. The van der Waals surface area contributed by atoms with Gasteiger partial charge in [-0.1, -0.05) is 46.8 Å². The smallest absolute Gasteiger partial charge is 0.247 e. The molecule has 0 unspecified atom stereocenters. The highest BCUT2D eigenvalue weighted by Gasteiger charge is 2.27. The Balaban J connectivity index is 1.67. The van der Waals surface area contributed by atoms with Crippen LogP contribution in [0.5, 0.6) is 0 Å². The number of rotatable bonds is 15. The van der Waals surface area contributed by atoms with E-state index in [0.29, 0.717) is 44.6 Å². The molecule has 9 nitrogen and oxygen atoms in total. The van der Waals surface area contributed by atoms with Crippen LogP contribution < -0.4 is 16.0 Å².